The molecule has 1 aliphatic rings. The van der Waals surface area contributed by atoms with Gasteiger partial charge in [0, 0.05) is 0 Å². The zero-order valence-corrected chi connectivity index (χ0v) is 8.78. The summed E-state index contributed by atoms with van der Waals surface area (Å²) in [4.78, 5) is 0. The fourth-order valence-corrected chi connectivity index (χ4v) is 1.68. The summed E-state index contributed by atoms with van der Waals surface area (Å²) in [6.07, 6.45) is 0. The van der Waals surface area contributed by atoms with Gasteiger partial charge in [0.05, 0.1) is 11.1 Å². The Labute approximate surface area is 103 Å². The first-order chi connectivity index (χ1) is 8.96. The molecule has 0 amide bonds. The van der Waals surface area contributed by atoms with Gasteiger partial charge in [-0.05, 0) is 0 Å². The molecule has 110 valence electrons. The Bertz CT molecular complexity index is 642. The summed E-state index contributed by atoms with van der Waals surface area (Å²) in [5.41, 5.74) is -5.19. The van der Waals surface area contributed by atoms with E-state index >= 15 is 0 Å². The Kier molecular flexibility index (Phi) is 2.85. The summed E-state index contributed by atoms with van der Waals surface area (Å²) in [5.74, 6) is -29.2. The molecule has 0 N–H and O–H groups in total. The van der Waals surface area contributed by atoms with Crippen LogP contribution in [0.15, 0.2) is 5.83 Å². The van der Waals surface area contributed by atoms with Crippen LogP contribution in [0.1, 0.15) is 11.1 Å². The molecule has 0 aliphatic heterocycles. The van der Waals surface area contributed by atoms with Crippen molar-refractivity contribution in [2.24, 2.45) is 0 Å². The molecular weight excluding hydrogens is 310 g/mol. The molecule has 20 heavy (non-hydrogen) atoms. The average Bonchev–Trinajstić information content (AvgIpc) is 2.36. The molecule has 1 aromatic rings. The molecule has 1 aromatic carbocycles. The van der Waals surface area contributed by atoms with Crippen LogP contribution in [0.5, 0.6) is 0 Å². The number of allylic oxidation sites excluding steroid dienone is 1. The van der Waals surface area contributed by atoms with E-state index in [9.17, 15) is 43.9 Å². The van der Waals surface area contributed by atoms with Gasteiger partial charge in [0.2, 0.25) is 5.83 Å². The lowest BCUT2D eigenvalue weighted by atomic mass is 9.88. The van der Waals surface area contributed by atoms with Crippen LogP contribution in [0, 0.1) is 23.3 Å². The average molecular weight is 310 g/mol. The second-order valence-corrected chi connectivity index (χ2v) is 3.78. The SMILES string of the molecule is FC1=C(F)C(F)(F)C(F)(F)c2c(F)c(F)c(F)c(F)c21. The second-order valence-electron chi connectivity index (χ2n) is 3.78. The molecule has 0 heterocycles. The van der Waals surface area contributed by atoms with Gasteiger partial charge in [0.1, 0.15) is 0 Å². The number of rotatable bonds is 0. The van der Waals surface area contributed by atoms with Gasteiger partial charge in [-0.1, -0.05) is 0 Å². The number of fused-ring (bicyclic) bond motifs is 1. The van der Waals surface area contributed by atoms with E-state index in [1.807, 2.05) is 0 Å². The molecule has 1 aliphatic carbocycles. The van der Waals surface area contributed by atoms with Crippen LogP contribution in [0.25, 0.3) is 5.83 Å². The predicted octanol–water partition coefficient (Wildman–Crippen LogP) is 4.59. The largest absolute Gasteiger partial charge is 0.368 e. The van der Waals surface area contributed by atoms with Crippen LogP contribution >= 0.6 is 0 Å². The normalized spacial score (nSPS) is 20.1. The van der Waals surface area contributed by atoms with Crippen molar-refractivity contribution < 1.29 is 43.9 Å². The minimum absolute atomic E-state index is 2.41. The minimum atomic E-state index is -5.87. The lowest BCUT2D eigenvalue weighted by Crippen LogP contribution is -2.43. The summed E-state index contributed by atoms with van der Waals surface area (Å²) in [6, 6.07) is 0. The molecule has 0 radical (unpaired) electrons. The lowest BCUT2D eigenvalue weighted by Gasteiger charge is -2.31. The zero-order valence-electron chi connectivity index (χ0n) is 8.78. The zero-order chi connectivity index (χ0) is 15.6. The highest BCUT2D eigenvalue weighted by Crippen LogP contribution is 2.56. The summed E-state index contributed by atoms with van der Waals surface area (Å²) in [6.45, 7) is 0. The molecule has 0 saturated carbocycles. The summed E-state index contributed by atoms with van der Waals surface area (Å²) < 4.78 is 130. The van der Waals surface area contributed by atoms with E-state index in [1.165, 1.54) is 0 Å². The Morgan fingerprint density at radius 1 is 0.550 bits per heavy atom. The van der Waals surface area contributed by atoms with E-state index in [0.29, 0.717) is 0 Å². The fraction of sp³-hybridized carbons (Fsp3) is 0.200. The van der Waals surface area contributed by atoms with Gasteiger partial charge in [-0.2, -0.15) is 17.6 Å². The molecular formula is C10F10. The molecule has 0 unspecified atom stereocenters. The molecule has 0 atom stereocenters. The van der Waals surface area contributed by atoms with Crippen LogP contribution in [-0.4, -0.2) is 5.92 Å². The van der Waals surface area contributed by atoms with Gasteiger partial charge in [-0.15, -0.1) is 0 Å². The third-order valence-corrected chi connectivity index (χ3v) is 2.66. The highest BCUT2D eigenvalue weighted by Gasteiger charge is 2.67. The van der Waals surface area contributed by atoms with Crippen molar-refractivity contribution in [3.63, 3.8) is 0 Å². The summed E-state index contributed by atoms with van der Waals surface area (Å²) in [7, 11) is 0. The topological polar surface area (TPSA) is 0 Å². The van der Waals surface area contributed by atoms with E-state index in [-0.39, 0.29) is 0 Å². The van der Waals surface area contributed by atoms with Crippen LogP contribution in [0.3, 0.4) is 0 Å². The molecule has 2 rings (SSSR count). The smallest absolute Gasteiger partial charge is 0.203 e. The standard InChI is InChI=1S/C10F10/c11-3-1-2(5(13)7(15)6(3)14)9(17,18)10(19,20)8(16)4(1)12. The van der Waals surface area contributed by atoms with Crippen LogP contribution in [-0.2, 0) is 5.92 Å². The van der Waals surface area contributed by atoms with Gasteiger partial charge in [-0.3, -0.25) is 0 Å². The first-order valence-electron chi connectivity index (χ1n) is 4.64. The van der Waals surface area contributed by atoms with Crippen molar-refractivity contribution in [1.82, 2.24) is 0 Å². The fourth-order valence-electron chi connectivity index (χ4n) is 1.68. The van der Waals surface area contributed by atoms with E-state index in [0.717, 1.165) is 0 Å². The van der Waals surface area contributed by atoms with Gasteiger partial charge < -0.3 is 0 Å². The maximum atomic E-state index is 13.3. The monoisotopic (exact) mass is 310 g/mol. The minimum Gasteiger partial charge on any atom is -0.203 e. The summed E-state index contributed by atoms with van der Waals surface area (Å²) >= 11 is 0. The van der Waals surface area contributed by atoms with Crippen molar-refractivity contribution in [2.75, 3.05) is 0 Å². The van der Waals surface area contributed by atoms with E-state index in [2.05, 4.69) is 0 Å². The van der Waals surface area contributed by atoms with Gasteiger partial charge >= 0.3 is 11.8 Å². The first kappa shape index (κ1) is 14.7. The summed E-state index contributed by atoms with van der Waals surface area (Å²) in [5, 5.41) is 0. The molecule has 0 fully saturated rings. The number of benzene rings is 1. The van der Waals surface area contributed by atoms with Gasteiger partial charge in [0.15, 0.2) is 29.1 Å². The Balaban J connectivity index is 3.06. The number of alkyl halides is 4. The van der Waals surface area contributed by atoms with Crippen LogP contribution in [0.4, 0.5) is 43.9 Å². The molecule has 0 aromatic heterocycles. The number of hydrogen-bond donors (Lipinski definition) is 0. The van der Waals surface area contributed by atoms with Crippen molar-refractivity contribution in [2.45, 2.75) is 11.8 Å². The second kappa shape index (κ2) is 3.89. The number of hydrogen-bond acceptors (Lipinski definition) is 0. The third kappa shape index (κ3) is 1.44. The first-order valence-corrected chi connectivity index (χ1v) is 4.64. The Hall–Kier alpha value is -1.74. The van der Waals surface area contributed by atoms with Gasteiger partial charge in [-0.25, -0.2) is 26.3 Å². The molecule has 10 heteroatoms. The Morgan fingerprint density at radius 3 is 1.50 bits per heavy atom. The van der Waals surface area contributed by atoms with Crippen molar-refractivity contribution in [3.8, 4) is 0 Å². The molecule has 0 bridgehead atoms. The molecule has 0 nitrogen and oxygen atoms in total. The van der Waals surface area contributed by atoms with Gasteiger partial charge in [0.25, 0.3) is 0 Å². The number of halogens is 10. The van der Waals surface area contributed by atoms with E-state index in [1.54, 1.807) is 0 Å². The third-order valence-electron chi connectivity index (χ3n) is 2.66. The maximum absolute atomic E-state index is 13.3. The van der Waals surface area contributed by atoms with Crippen molar-refractivity contribution in [3.05, 3.63) is 40.2 Å². The van der Waals surface area contributed by atoms with E-state index < -0.39 is 57.9 Å². The molecule has 0 spiro atoms. The highest BCUT2D eigenvalue weighted by atomic mass is 19.3. The van der Waals surface area contributed by atoms with E-state index in [4.69, 9.17) is 0 Å². The molecule has 0 saturated heterocycles. The lowest BCUT2D eigenvalue weighted by molar-refractivity contribution is -0.206. The van der Waals surface area contributed by atoms with Crippen LogP contribution < -0.4 is 0 Å². The Morgan fingerprint density at radius 2 is 1.00 bits per heavy atom. The van der Waals surface area contributed by atoms with Crippen LogP contribution in [0.2, 0.25) is 0 Å². The highest BCUT2D eigenvalue weighted by molar-refractivity contribution is 5.70. The maximum Gasteiger partial charge on any atom is 0.368 e. The van der Waals surface area contributed by atoms with Crippen molar-refractivity contribution >= 4 is 5.83 Å². The quantitative estimate of drug-likeness (QED) is 0.373. The predicted molar refractivity (Wildman–Crippen MR) is 44.3 cm³/mol. The van der Waals surface area contributed by atoms with Crippen molar-refractivity contribution in [1.29, 1.82) is 0 Å².